The molecule has 2 aromatic carbocycles. The quantitative estimate of drug-likeness (QED) is 0.427. The minimum Gasteiger partial charge on any atom is -0.291 e. The van der Waals surface area contributed by atoms with E-state index >= 15 is 0 Å². The van der Waals surface area contributed by atoms with Crippen LogP contribution < -0.4 is 0 Å². The Balaban J connectivity index is 2.44. The Bertz CT molecular complexity index is 759. The molecule has 21 heavy (non-hydrogen) atoms. The maximum absolute atomic E-state index is 12.6. The third-order valence-electron chi connectivity index (χ3n) is 3.18. The first-order valence-electron chi connectivity index (χ1n) is 6.31. The zero-order valence-corrected chi connectivity index (χ0v) is 14.4. The van der Waals surface area contributed by atoms with Gasteiger partial charge >= 0.3 is 5.37 Å². The van der Waals surface area contributed by atoms with E-state index in [9.17, 15) is 8.42 Å². The summed E-state index contributed by atoms with van der Waals surface area (Å²) >= 11 is 2.24. The van der Waals surface area contributed by atoms with Gasteiger partial charge in [0.15, 0.2) is 0 Å². The molecule has 0 aliphatic carbocycles. The van der Waals surface area contributed by atoms with Crippen molar-refractivity contribution < 1.29 is 8.42 Å². The molecule has 5 heteroatoms. The van der Waals surface area contributed by atoms with Crippen LogP contribution in [0, 0.1) is 13.5 Å². The highest BCUT2D eigenvalue weighted by atomic mass is 127. The number of rotatable bonds is 4. The number of halogens is 1. The molecule has 0 radical (unpaired) electrons. The number of aryl methyl sites for hydroxylation is 1. The predicted octanol–water partition coefficient (Wildman–Crippen LogP) is 4.32. The first-order chi connectivity index (χ1) is 9.98. The van der Waals surface area contributed by atoms with Gasteiger partial charge < -0.3 is 0 Å². The fourth-order valence-electron chi connectivity index (χ4n) is 1.95. The normalized spacial score (nSPS) is 12.6. The highest BCUT2D eigenvalue weighted by molar-refractivity contribution is 14.1. The Kier molecular flexibility index (Phi) is 5.01. The number of sulfone groups is 1. The second-order valence-electron chi connectivity index (χ2n) is 4.71. The van der Waals surface area contributed by atoms with Crippen molar-refractivity contribution in [2.45, 2.75) is 21.6 Å². The fraction of sp³-hybridized carbons (Fsp3) is 0.188. The largest absolute Gasteiger partial charge is 0.350 e. The number of benzene rings is 2. The summed E-state index contributed by atoms with van der Waals surface area (Å²) in [6.45, 7) is 9.18. The molecule has 108 valence electrons. The van der Waals surface area contributed by atoms with Crippen molar-refractivity contribution >= 4 is 32.4 Å². The van der Waals surface area contributed by atoms with Gasteiger partial charge in [0, 0.05) is 4.43 Å². The number of hydrogen-bond acceptors (Lipinski definition) is 2. The van der Waals surface area contributed by atoms with E-state index in [1.54, 1.807) is 36.4 Å². The van der Waals surface area contributed by atoms with Crippen molar-refractivity contribution in [1.29, 1.82) is 0 Å². The molecule has 0 aliphatic rings. The lowest BCUT2D eigenvalue weighted by atomic mass is 10.1. The highest BCUT2D eigenvalue weighted by Crippen LogP contribution is 2.30. The van der Waals surface area contributed by atoms with E-state index in [0.29, 0.717) is 5.56 Å². The summed E-state index contributed by atoms with van der Waals surface area (Å²) in [5.74, 6) is 0. The van der Waals surface area contributed by atoms with Crippen LogP contribution in [0.4, 0.5) is 0 Å². The lowest BCUT2D eigenvalue weighted by Crippen LogP contribution is -2.10. The summed E-state index contributed by atoms with van der Waals surface area (Å²) in [5, 5.41) is -1.19. The standard InChI is InChI=1S/C16H14INO2S/c1-12-3-9-15(10-4-12)21(19,20)16(18-2)14-7-5-13(11-17)6-8-14/h3-10,16H,11H2,1H3/t16-/m0/s1. The minimum absolute atomic E-state index is 0.187. The molecule has 0 bridgehead atoms. The highest BCUT2D eigenvalue weighted by Gasteiger charge is 2.34. The molecule has 1 atom stereocenters. The third-order valence-corrected chi connectivity index (χ3v) is 5.96. The molecule has 0 saturated heterocycles. The van der Waals surface area contributed by atoms with Crippen LogP contribution in [0.1, 0.15) is 22.1 Å². The Morgan fingerprint density at radius 3 is 2.14 bits per heavy atom. The van der Waals surface area contributed by atoms with Gasteiger partial charge in [-0.1, -0.05) is 52.4 Å². The van der Waals surface area contributed by atoms with E-state index in [2.05, 4.69) is 27.4 Å². The number of nitrogens with zero attached hydrogens (tertiary/aromatic N) is 1. The van der Waals surface area contributed by atoms with E-state index in [-0.39, 0.29) is 4.90 Å². The Hall–Kier alpha value is -1.39. The molecule has 2 aromatic rings. The van der Waals surface area contributed by atoms with Gasteiger partial charge in [-0.15, -0.1) is 0 Å². The average Bonchev–Trinajstić information content (AvgIpc) is 2.49. The first kappa shape index (κ1) is 16.0. The van der Waals surface area contributed by atoms with Crippen LogP contribution in [0.2, 0.25) is 0 Å². The van der Waals surface area contributed by atoms with Crippen molar-refractivity contribution in [2.75, 3.05) is 0 Å². The molecule has 0 saturated carbocycles. The molecule has 2 rings (SSSR count). The number of alkyl halides is 1. The molecule has 0 amide bonds. The molecule has 0 heterocycles. The van der Waals surface area contributed by atoms with Crippen molar-refractivity contribution in [3.63, 3.8) is 0 Å². The van der Waals surface area contributed by atoms with Gasteiger partial charge in [-0.3, -0.25) is 4.85 Å². The summed E-state index contributed by atoms with van der Waals surface area (Å²) in [6, 6.07) is 13.8. The molecule has 0 unspecified atom stereocenters. The Labute approximate surface area is 138 Å². The molecule has 0 aromatic heterocycles. The monoisotopic (exact) mass is 411 g/mol. The molecular formula is C16H14INO2S. The molecule has 0 aliphatic heterocycles. The van der Waals surface area contributed by atoms with Crippen molar-refractivity contribution in [3.05, 3.63) is 76.6 Å². The summed E-state index contributed by atoms with van der Waals surface area (Å²) in [6.07, 6.45) is 0. The fourth-order valence-corrected chi connectivity index (χ4v) is 3.89. The van der Waals surface area contributed by atoms with Gasteiger partial charge in [0.1, 0.15) is 0 Å². The van der Waals surface area contributed by atoms with Crippen LogP contribution in [0.3, 0.4) is 0 Å². The van der Waals surface area contributed by atoms with Crippen LogP contribution >= 0.6 is 22.6 Å². The van der Waals surface area contributed by atoms with Gasteiger partial charge in [0.25, 0.3) is 9.84 Å². The van der Waals surface area contributed by atoms with Crippen LogP contribution in [-0.2, 0) is 14.3 Å². The molecule has 3 nitrogen and oxygen atoms in total. The van der Waals surface area contributed by atoms with E-state index in [1.165, 1.54) is 0 Å². The molecule has 0 fully saturated rings. The molecule has 0 N–H and O–H groups in total. The first-order valence-corrected chi connectivity index (χ1v) is 9.38. The number of hydrogen-bond donors (Lipinski definition) is 0. The van der Waals surface area contributed by atoms with Crippen LogP contribution in [0.5, 0.6) is 0 Å². The second-order valence-corrected chi connectivity index (χ2v) is 7.49. The average molecular weight is 411 g/mol. The summed E-state index contributed by atoms with van der Waals surface area (Å²) in [7, 11) is -3.70. The van der Waals surface area contributed by atoms with Gasteiger partial charge in [-0.25, -0.2) is 15.0 Å². The van der Waals surface area contributed by atoms with Crippen LogP contribution in [-0.4, -0.2) is 8.42 Å². The van der Waals surface area contributed by atoms with E-state index < -0.39 is 15.2 Å². The van der Waals surface area contributed by atoms with Gasteiger partial charge in [-0.05, 0) is 36.8 Å². The SMILES string of the molecule is [C-]#[N+][C@H](c1ccc(CI)cc1)S(=O)(=O)c1ccc(C)cc1. The minimum atomic E-state index is -3.70. The van der Waals surface area contributed by atoms with Crippen molar-refractivity contribution in [3.8, 4) is 0 Å². The van der Waals surface area contributed by atoms with Crippen LogP contribution in [0.25, 0.3) is 4.85 Å². The molecule has 0 spiro atoms. The third kappa shape index (κ3) is 3.44. The summed E-state index contributed by atoms with van der Waals surface area (Å²) < 4.78 is 26.1. The zero-order valence-electron chi connectivity index (χ0n) is 11.5. The summed E-state index contributed by atoms with van der Waals surface area (Å²) in [5.41, 5.74) is 2.61. The van der Waals surface area contributed by atoms with E-state index in [1.807, 2.05) is 19.1 Å². The van der Waals surface area contributed by atoms with Crippen molar-refractivity contribution in [1.82, 2.24) is 0 Å². The smallest absolute Gasteiger partial charge is 0.291 e. The van der Waals surface area contributed by atoms with Gasteiger partial charge in [0.05, 0.1) is 10.5 Å². The molecular weight excluding hydrogens is 397 g/mol. The maximum Gasteiger partial charge on any atom is 0.350 e. The lowest BCUT2D eigenvalue weighted by molar-refractivity contribution is 0.590. The second kappa shape index (κ2) is 6.58. The van der Waals surface area contributed by atoms with Gasteiger partial charge in [-0.2, -0.15) is 0 Å². The Morgan fingerprint density at radius 1 is 1.10 bits per heavy atom. The topological polar surface area (TPSA) is 38.5 Å². The van der Waals surface area contributed by atoms with E-state index in [4.69, 9.17) is 6.57 Å². The van der Waals surface area contributed by atoms with Crippen molar-refractivity contribution in [2.24, 2.45) is 0 Å². The van der Waals surface area contributed by atoms with Crippen LogP contribution in [0.15, 0.2) is 53.4 Å². The lowest BCUT2D eigenvalue weighted by Gasteiger charge is -2.08. The predicted molar refractivity (Wildman–Crippen MR) is 91.9 cm³/mol. The zero-order chi connectivity index (χ0) is 15.5. The van der Waals surface area contributed by atoms with Gasteiger partial charge in [0.2, 0.25) is 0 Å². The summed E-state index contributed by atoms with van der Waals surface area (Å²) in [4.78, 5) is 3.53. The Morgan fingerprint density at radius 2 is 1.67 bits per heavy atom. The maximum atomic E-state index is 12.6. The van der Waals surface area contributed by atoms with E-state index in [0.717, 1.165) is 15.6 Å².